The van der Waals surface area contributed by atoms with E-state index < -0.39 is 15.9 Å². The van der Waals surface area contributed by atoms with E-state index in [0.717, 1.165) is 38.2 Å². The van der Waals surface area contributed by atoms with Crippen LogP contribution in [0.3, 0.4) is 0 Å². The van der Waals surface area contributed by atoms with Gasteiger partial charge in [-0.1, -0.05) is 47.7 Å². The molecule has 0 bridgehead atoms. The SMILES string of the molecule is CCCSc1nnc(NC(=O)CN(c2ccc(C)cc2C)S(C)(=O)=O)s1. The number of thioether (sulfide) groups is 1. The number of anilines is 2. The van der Waals surface area contributed by atoms with Gasteiger partial charge in [-0.05, 0) is 31.9 Å². The van der Waals surface area contributed by atoms with Crippen molar-refractivity contribution in [1.82, 2.24) is 10.2 Å². The van der Waals surface area contributed by atoms with Crippen molar-refractivity contribution >= 4 is 49.8 Å². The summed E-state index contributed by atoms with van der Waals surface area (Å²) in [5.41, 5.74) is 2.30. The number of nitrogens with zero attached hydrogens (tertiary/aromatic N) is 3. The van der Waals surface area contributed by atoms with E-state index in [1.165, 1.54) is 11.3 Å². The maximum Gasteiger partial charge on any atom is 0.246 e. The summed E-state index contributed by atoms with van der Waals surface area (Å²) in [6, 6.07) is 5.41. The van der Waals surface area contributed by atoms with Crippen LogP contribution in [0.15, 0.2) is 22.5 Å². The predicted molar refractivity (Wildman–Crippen MR) is 108 cm³/mol. The fraction of sp³-hybridized carbons (Fsp3) is 0.438. The highest BCUT2D eigenvalue weighted by atomic mass is 32.2. The molecule has 1 heterocycles. The zero-order chi connectivity index (χ0) is 19.3. The highest BCUT2D eigenvalue weighted by Gasteiger charge is 2.23. The third-order valence-corrected chi connectivity index (χ3v) is 6.70. The Balaban J connectivity index is 2.13. The van der Waals surface area contributed by atoms with Gasteiger partial charge in [0.1, 0.15) is 6.54 Å². The minimum Gasteiger partial charge on any atom is -0.299 e. The van der Waals surface area contributed by atoms with Crippen molar-refractivity contribution in [2.75, 3.05) is 28.2 Å². The van der Waals surface area contributed by atoms with Gasteiger partial charge in [0.25, 0.3) is 0 Å². The van der Waals surface area contributed by atoms with Crippen LogP contribution < -0.4 is 9.62 Å². The molecule has 0 unspecified atom stereocenters. The molecule has 0 fully saturated rings. The van der Waals surface area contributed by atoms with Crippen LogP contribution in [0, 0.1) is 13.8 Å². The van der Waals surface area contributed by atoms with Crippen LogP contribution in [-0.4, -0.2) is 43.1 Å². The maximum atomic E-state index is 12.4. The van der Waals surface area contributed by atoms with Gasteiger partial charge in [-0.25, -0.2) is 8.42 Å². The van der Waals surface area contributed by atoms with Crippen molar-refractivity contribution < 1.29 is 13.2 Å². The normalized spacial score (nSPS) is 11.4. The molecule has 10 heteroatoms. The van der Waals surface area contributed by atoms with Gasteiger partial charge in [-0.3, -0.25) is 14.4 Å². The first-order valence-electron chi connectivity index (χ1n) is 8.02. The largest absolute Gasteiger partial charge is 0.299 e. The molecule has 0 aliphatic rings. The van der Waals surface area contributed by atoms with Crippen LogP contribution in [0.4, 0.5) is 10.8 Å². The fourth-order valence-electron chi connectivity index (χ4n) is 2.26. The van der Waals surface area contributed by atoms with Crippen molar-refractivity contribution in [3.63, 3.8) is 0 Å². The molecule has 1 aromatic heterocycles. The summed E-state index contributed by atoms with van der Waals surface area (Å²) in [5.74, 6) is 0.468. The molecular weight excluding hydrogens is 392 g/mol. The zero-order valence-corrected chi connectivity index (χ0v) is 17.6. The molecule has 1 N–H and O–H groups in total. The van der Waals surface area contributed by atoms with E-state index in [2.05, 4.69) is 22.4 Å². The Hall–Kier alpha value is -1.65. The molecule has 0 atom stereocenters. The van der Waals surface area contributed by atoms with Crippen LogP contribution in [0.5, 0.6) is 0 Å². The molecule has 0 aliphatic heterocycles. The Bertz CT molecular complexity index is 881. The molecule has 0 saturated heterocycles. The van der Waals surface area contributed by atoms with Gasteiger partial charge < -0.3 is 0 Å². The smallest absolute Gasteiger partial charge is 0.246 e. The van der Waals surface area contributed by atoms with Crippen molar-refractivity contribution in [1.29, 1.82) is 0 Å². The Labute approximate surface area is 162 Å². The second-order valence-corrected chi connectivity index (χ2v) is 10.1. The number of hydrogen-bond acceptors (Lipinski definition) is 7. The summed E-state index contributed by atoms with van der Waals surface area (Å²) in [5, 5.41) is 10.9. The van der Waals surface area contributed by atoms with Gasteiger partial charge in [-0.15, -0.1) is 10.2 Å². The average Bonchev–Trinajstić information content (AvgIpc) is 2.97. The van der Waals surface area contributed by atoms with E-state index in [0.29, 0.717) is 10.8 Å². The molecule has 26 heavy (non-hydrogen) atoms. The summed E-state index contributed by atoms with van der Waals surface area (Å²) in [7, 11) is -3.61. The molecule has 2 rings (SSSR count). The van der Waals surface area contributed by atoms with E-state index >= 15 is 0 Å². The summed E-state index contributed by atoms with van der Waals surface area (Å²) in [4.78, 5) is 12.4. The molecule has 7 nitrogen and oxygen atoms in total. The first kappa shape index (κ1) is 20.7. The van der Waals surface area contributed by atoms with Crippen molar-refractivity contribution in [2.45, 2.75) is 31.5 Å². The molecule has 0 aliphatic carbocycles. The van der Waals surface area contributed by atoms with E-state index in [-0.39, 0.29) is 6.54 Å². The van der Waals surface area contributed by atoms with E-state index in [1.807, 2.05) is 26.0 Å². The molecule has 142 valence electrons. The molecule has 0 radical (unpaired) electrons. The highest BCUT2D eigenvalue weighted by Crippen LogP contribution is 2.26. The number of nitrogens with one attached hydrogen (secondary N) is 1. The van der Waals surface area contributed by atoms with Gasteiger partial charge in [0.05, 0.1) is 11.9 Å². The third-order valence-electron chi connectivity index (χ3n) is 3.39. The van der Waals surface area contributed by atoms with Crippen molar-refractivity contribution in [3.05, 3.63) is 29.3 Å². The van der Waals surface area contributed by atoms with Gasteiger partial charge in [0.15, 0.2) is 4.34 Å². The number of benzene rings is 1. The van der Waals surface area contributed by atoms with Crippen LogP contribution >= 0.6 is 23.1 Å². The Morgan fingerprint density at radius 3 is 2.65 bits per heavy atom. The van der Waals surface area contributed by atoms with Crippen molar-refractivity contribution in [3.8, 4) is 0 Å². The van der Waals surface area contributed by atoms with E-state index in [9.17, 15) is 13.2 Å². The first-order valence-corrected chi connectivity index (χ1v) is 11.7. The highest BCUT2D eigenvalue weighted by molar-refractivity contribution is 8.01. The Morgan fingerprint density at radius 1 is 1.31 bits per heavy atom. The third kappa shape index (κ3) is 5.68. The number of sulfonamides is 1. The summed E-state index contributed by atoms with van der Waals surface area (Å²) < 4.78 is 26.3. The van der Waals surface area contributed by atoms with Crippen LogP contribution in [0.1, 0.15) is 24.5 Å². The number of aryl methyl sites for hydroxylation is 2. The number of carbonyl (C=O) groups is 1. The Kier molecular flexibility index (Phi) is 7.01. The van der Waals surface area contributed by atoms with Gasteiger partial charge in [0, 0.05) is 5.75 Å². The quantitative estimate of drug-likeness (QED) is 0.527. The van der Waals surface area contributed by atoms with Gasteiger partial charge in [-0.2, -0.15) is 0 Å². The zero-order valence-electron chi connectivity index (χ0n) is 15.1. The molecular formula is C16H22N4O3S3. The van der Waals surface area contributed by atoms with Crippen LogP contribution in [0.2, 0.25) is 0 Å². The summed E-state index contributed by atoms with van der Waals surface area (Å²) in [6.07, 6.45) is 2.11. The molecule has 1 amide bonds. The number of hydrogen-bond donors (Lipinski definition) is 1. The fourth-order valence-corrected chi connectivity index (χ4v) is 4.87. The number of rotatable bonds is 8. The van der Waals surface area contributed by atoms with E-state index in [1.54, 1.807) is 17.8 Å². The van der Waals surface area contributed by atoms with Crippen molar-refractivity contribution in [2.24, 2.45) is 0 Å². The Morgan fingerprint density at radius 2 is 2.04 bits per heavy atom. The minimum absolute atomic E-state index is 0.320. The summed E-state index contributed by atoms with van der Waals surface area (Å²) in [6.45, 7) is 5.50. The number of carbonyl (C=O) groups excluding carboxylic acids is 1. The molecule has 2 aromatic rings. The molecule has 0 spiro atoms. The van der Waals surface area contributed by atoms with Gasteiger partial charge >= 0.3 is 0 Å². The molecule has 1 aromatic carbocycles. The first-order chi connectivity index (χ1) is 12.2. The lowest BCUT2D eigenvalue weighted by Crippen LogP contribution is -2.37. The second-order valence-electron chi connectivity index (χ2n) is 5.83. The van der Waals surface area contributed by atoms with Crippen LogP contribution in [-0.2, 0) is 14.8 Å². The van der Waals surface area contributed by atoms with E-state index in [4.69, 9.17) is 0 Å². The predicted octanol–water partition coefficient (Wildman–Crippen LogP) is 3.06. The monoisotopic (exact) mass is 414 g/mol. The minimum atomic E-state index is -3.61. The number of aromatic nitrogens is 2. The maximum absolute atomic E-state index is 12.4. The topological polar surface area (TPSA) is 92.3 Å². The van der Waals surface area contributed by atoms with Gasteiger partial charge in [0.2, 0.25) is 21.1 Å². The lowest BCUT2D eigenvalue weighted by molar-refractivity contribution is -0.114. The van der Waals surface area contributed by atoms with Crippen LogP contribution in [0.25, 0.3) is 0 Å². The number of amides is 1. The second kappa shape index (κ2) is 8.83. The average molecular weight is 415 g/mol. The standard InChI is InChI=1S/C16H22N4O3S3/c1-5-8-24-16-19-18-15(25-16)17-14(21)10-20(26(4,22)23)13-7-6-11(2)9-12(13)3/h6-7,9H,5,8,10H2,1-4H3,(H,17,18,21). The lowest BCUT2D eigenvalue weighted by Gasteiger charge is -2.23. The molecule has 0 saturated carbocycles. The summed E-state index contributed by atoms with van der Waals surface area (Å²) >= 11 is 2.85. The lowest BCUT2D eigenvalue weighted by atomic mass is 10.1.